The summed E-state index contributed by atoms with van der Waals surface area (Å²) in [5, 5.41) is 3.02. The molecule has 0 heterocycles. The third-order valence-corrected chi connectivity index (χ3v) is 3.06. The molecule has 3 nitrogen and oxygen atoms in total. The van der Waals surface area contributed by atoms with Crippen LogP contribution in [0.5, 0.6) is 0 Å². The van der Waals surface area contributed by atoms with Gasteiger partial charge in [0.15, 0.2) is 0 Å². The molecule has 1 rings (SSSR count). The van der Waals surface area contributed by atoms with E-state index in [1.807, 2.05) is 0 Å². The van der Waals surface area contributed by atoms with E-state index in [0.717, 1.165) is 5.56 Å². The number of halogens is 2. The number of nitrogens with one attached hydrogen (secondary N) is 1. The molecule has 5 heteroatoms. The molecule has 0 saturated carbocycles. The van der Waals surface area contributed by atoms with Gasteiger partial charge in [0.1, 0.15) is 11.4 Å². The van der Waals surface area contributed by atoms with Gasteiger partial charge in [-0.25, -0.2) is 4.39 Å². The summed E-state index contributed by atoms with van der Waals surface area (Å²) in [7, 11) is 1.34. The van der Waals surface area contributed by atoms with E-state index in [4.69, 9.17) is 0 Å². The van der Waals surface area contributed by atoms with Crippen LogP contribution in [0.25, 0.3) is 0 Å². The molecule has 0 aliphatic rings. The molecule has 0 aliphatic heterocycles. The number of hydrogen-bond donors (Lipinski definition) is 1. The minimum Gasteiger partial charge on any atom is -0.468 e. The molecule has 0 unspecified atom stereocenters. The highest BCUT2D eigenvalue weighted by Gasteiger charge is 2.27. The summed E-state index contributed by atoms with van der Waals surface area (Å²) in [5.41, 5.74) is -0.0270. The second-order valence-electron chi connectivity index (χ2n) is 4.22. The molecular formula is C12H15BrFNO2. The van der Waals surface area contributed by atoms with Crippen LogP contribution in [0.2, 0.25) is 0 Å². The van der Waals surface area contributed by atoms with E-state index >= 15 is 0 Å². The molecule has 94 valence electrons. The standard InChI is InChI=1S/C12H15BrFNO2/c1-12(2,11(16)17-3)15-7-8-4-5-9(13)10(14)6-8/h4-6,15H,7H2,1-3H3. The molecule has 0 spiro atoms. The molecule has 0 fully saturated rings. The first kappa shape index (κ1) is 14.1. The number of rotatable bonds is 4. The minimum absolute atomic E-state index is 0.319. The maximum Gasteiger partial charge on any atom is 0.325 e. The van der Waals surface area contributed by atoms with E-state index in [1.54, 1.807) is 26.0 Å². The first-order chi connectivity index (χ1) is 7.86. The Balaban J connectivity index is 2.67. The summed E-state index contributed by atoms with van der Waals surface area (Å²) in [6, 6.07) is 4.84. The van der Waals surface area contributed by atoms with Gasteiger partial charge >= 0.3 is 5.97 Å². The molecule has 1 aromatic carbocycles. The lowest BCUT2D eigenvalue weighted by Crippen LogP contribution is -2.46. The number of ether oxygens (including phenoxy) is 1. The topological polar surface area (TPSA) is 38.3 Å². The number of benzene rings is 1. The third-order valence-electron chi connectivity index (χ3n) is 2.41. The quantitative estimate of drug-likeness (QED) is 0.869. The summed E-state index contributed by atoms with van der Waals surface area (Å²) < 4.78 is 18.3. The van der Waals surface area contributed by atoms with Gasteiger partial charge in [0, 0.05) is 6.54 Å². The van der Waals surface area contributed by atoms with Crippen LogP contribution < -0.4 is 5.32 Å². The van der Waals surface area contributed by atoms with E-state index in [1.165, 1.54) is 13.2 Å². The van der Waals surface area contributed by atoms with Gasteiger partial charge in [-0.1, -0.05) is 6.07 Å². The van der Waals surface area contributed by atoms with E-state index in [-0.39, 0.29) is 11.8 Å². The first-order valence-corrected chi connectivity index (χ1v) is 5.93. The van der Waals surface area contributed by atoms with Crippen molar-refractivity contribution < 1.29 is 13.9 Å². The van der Waals surface area contributed by atoms with E-state index in [9.17, 15) is 9.18 Å². The molecule has 0 aliphatic carbocycles. The molecule has 0 radical (unpaired) electrons. The van der Waals surface area contributed by atoms with Crippen LogP contribution in [0.4, 0.5) is 4.39 Å². The van der Waals surface area contributed by atoms with Crippen molar-refractivity contribution in [3.8, 4) is 0 Å². The van der Waals surface area contributed by atoms with Crippen LogP contribution in [0.1, 0.15) is 19.4 Å². The lowest BCUT2D eigenvalue weighted by molar-refractivity contribution is -0.147. The average Bonchev–Trinajstić information content (AvgIpc) is 2.29. The number of hydrogen-bond acceptors (Lipinski definition) is 3. The van der Waals surface area contributed by atoms with Crippen LogP contribution in [0.3, 0.4) is 0 Å². The maximum atomic E-state index is 13.3. The number of esters is 1. The lowest BCUT2D eigenvalue weighted by Gasteiger charge is -2.23. The van der Waals surface area contributed by atoms with Crippen molar-refractivity contribution in [3.63, 3.8) is 0 Å². The molecule has 0 atom stereocenters. The summed E-state index contributed by atoms with van der Waals surface area (Å²) in [6.45, 7) is 3.83. The minimum atomic E-state index is -0.793. The van der Waals surface area contributed by atoms with Crippen molar-refractivity contribution in [1.29, 1.82) is 0 Å². The second-order valence-corrected chi connectivity index (χ2v) is 5.07. The Morgan fingerprint density at radius 3 is 2.71 bits per heavy atom. The van der Waals surface area contributed by atoms with Gasteiger partial charge in [-0.2, -0.15) is 0 Å². The largest absolute Gasteiger partial charge is 0.468 e. The van der Waals surface area contributed by atoms with Crippen LogP contribution in [-0.4, -0.2) is 18.6 Å². The van der Waals surface area contributed by atoms with Gasteiger partial charge in [0.2, 0.25) is 0 Å². The van der Waals surface area contributed by atoms with Gasteiger partial charge in [0.05, 0.1) is 11.6 Å². The van der Waals surface area contributed by atoms with Gasteiger partial charge in [-0.15, -0.1) is 0 Å². The van der Waals surface area contributed by atoms with Crippen molar-refractivity contribution in [2.75, 3.05) is 7.11 Å². The predicted molar refractivity (Wildman–Crippen MR) is 67.0 cm³/mol. The van der Waals surface area contributed by atoms with Gasteiger partial charge in [-0.05, 0) is 47.5 Å². The molecule has 1 aromatic rings. The first-order valence-electron chi connectivity index (χ1n) is 5.14. The zero-order valence-electron chi connectivity index (χ0n) is 10.0. The van der Waals surface area contributed by atoms with E-state index in [0.29, 0.717) is 11.0 Å². The Bertz CT molecular complexity index is 421. The third kappa shape index (κ3) is 3.78. The summed E-state index contributed by atoms with van der Waals surface area (Å²) >= 11 is 3.08. The maximum absolute atomic E-state index is 13.3. The summed E-state index contributed by atoms with van der Waals surface area (Å²) in [4.78, 5) is 11.4. The fourth-order valence-corrected chi connectivity index (χ4v) is 1.55. The molecule has 0 saturated heterocycles. The van der Waals surface area contributed by atoms with Crippen LogP contribution in [0, 0.1) is 5.82 Å². The van der Waals surface area contributed by atoms with E-state index in [2.05, 4.69) is 26.0 Å². The van der Waals surface area contributed by atoms with Gasteiger partial charge in [-0.3, -0.25) is 10.1 Å². The highest BCUT2D eigenvalue weighted by Crippen LogP contribution is 2.17. The molecule has 17 heavy (non-hydrogen) atoms. The Labute approximate surface area is 108 Å². The smallest absolute Gasteiger partial charge is 0.325 e. The average molecular weight is 304 g/mol. The Morgan fingerprint density at radius 1 is 1.53 bits per heavy atom. The van der Waals surface area contributed by atoms with Crippen molar-refractivity contribution in [2.24, 2.45) is 0 Å². The summed E-state index contributed by atoms with van der Waals surface area (Å²) in [6.07, 6.45) is 0. The predicted octanol–water partition coefficient (Wildman–Crippen LogP) is 2.63. The van der Waals surface area contributed by atoms with Crippen molar-refractivity contribution >= 4 is 21.9 Å². The van der Waals surface area contributed by atoms with Crippen molar-refractivity contribution in [1.82, 2.24) is 5.32 Å². The van der Waals surface area contributed by atoms with Gasteiger partial charge < -0.3 is 4.74 Å². The second kappa shape index (κ2) is 5.60. The van der Waals surface area contributed by atoms with Crippen LogP contribution in [0.15, 0.2) is 22.7 Å². The number of carbonyl (C=O) groups excluding carboxylic acids is 1. The molecular weight excluding hydrogens is 289 g/mol. The number of carbonyl (C=O) groups is 1. The van der Waals surface area contributed by atoms with Crippen molar-refractivity contribution in [3.05, 3.63) is 34.1 Å². The normalized spacial score (nSPS) is 11.4. The molecule has 1 N–H and O–H groups in total. The Hall–Kier alpha value is -0.940. The Kier molecular flexibility index (Phi) is 4.65. The Morgan fingerprint density at radius 2 is 2.18 bits per heavy atom. The zero-order chi connectivity index (χ0) is 13.1. The zero-order valence-corrected chi connectivity index (χ0v) is 11.6. The highest BCUT2D eigenvalue weighted by molar-refractivity contribution is 9.10. The molecule has 0 aromatic heterocycles. The van der Waals surface area contributed by atoms with E-state index < -0.39 is 5.54 Å². The lowest BCUT2D eigenvalue weighted by atomic mass is 10.1. The summed E-state index contributed by atoms with van der Waals surface area (Å²) in [5.74, 6) is -0.671. The monoisotopic (exact) mass is 303 g/mol. The van der Waals surface area contributed by atoms with Gasteiger partial charge in [0.25, 0.3) is 0 Å². The molecule has 0 amide bonds. The SMILES string of the molecule is COC(=O)C(C)(C)NCc1ccc(Br)c(F)c1. The fraction of sp³-hybridized carbons (Fsp3) is 0.417. The highest BCUT2D eigenvalue weighted by atomic mass is 79.9. The number of methoxy groups -OCH3 is 1. The van der Waals surface area contributed by atoms with Crippen LogP contribution >= 0.6 is 15.9 Å². The van der Waals surface area contributed by atoms with Crippen molar-refractivity contribution in [2.45, 2.75) is 25.9 Å². The molecule has 0 bridgehead atoms. The fourth-order valence-electron chi connectivity index (χ4n) is 1.30. The van der Waals surface area contributed by atoms with Crippen LogP contribution in [-0.2, 0) is 16.1 Å².